The smallest absolute Gasteiger partial charge is 0.331 e. The number of ether oxygens (including phenoxy) is 2. The fraction of sp³-hybridized carbons (Fsp3) is 0.556. The minimum absolute atomic E-state index is 0.390. The zero-order valence-corrected chi connectivity index (χ0v) is 7.91. The van der Waals surface area contributed by atoms with Crippen LogP contribution in [0.3, 0.4) is 0 Å². The van der Waals surface area contributed by atoms with E-state index in [1.807, 2.05) is 6.92 Å². The van der Waals surface area contributed by atoms with Crippen LogP contribution in [-0.2, 0) is 19.1 Å². The summed E-state index contributed by atoms with van der Waals surface area (Å²) in [6.45, 7) is 2.39. The van der Waals surface area contributed by atoms with Gasteiger partial charge in [0.15, 0.2) is 0 Å². The molecule has 0 aromatic rings. The van der Waals surface area contributed by atoms with Crippen LogP contribution in [0.2, 0.25) is 0 Å². The van der Waals surface area contributed by atoms with Gasteiger partial charge in [0.25, 0.3) is 0 Å². The van der Waals surface area contributed by atoms with Gasteiger partial charge in [-0.1, -0.05) is 13.3 Å². The van der Waals surface area contributed by atoms with Crippen LogP contribution in [0.4, 0.5) is 0 Å². The van der Waals surface area contributed by atoms with E-state index in [-0.39, 0.29) is 0 Å². The quantitative estimate of drug-likeness (QED) is 0.366. The lowest BCUT2D eigenvalue weighted by Crippen LogP contribution is -2.03. The largest absolute Gasteiger partial charge is 0.466 e. The molecule has 0 unspecified atom stereocenters. The summed E-state index contributed by atoms with van der Waals surface area (Å²) in [6.07, 6.45) is 3.89. The van der Waals surface area contributed by atoms with Crippen molar-refractivity contribution in [3.8, 4) is 0 Å². The van der Waals surface area contributed by atoms with E-state index in [1.165, 1.54) is 7.11 Å². The normalized spacial score (nSPS) is 10.0. The van der Waals surface area contributed by atoms with Gasteiger partial charge in [-0.15, -0.1) is 0 Å². The van der Waals surface area contributed by atoms with E-state index in [1.54, 1.807) is 0 Å². The van der Waals surface area contributed by atoms with Gasteiger partial charge in [-0.25, -0.2) is 9.59 Å². The number of hydrogen-bond donors (Lipinski definition) is 0. The summed E-state index contributed by atoms with van der Waals surface area (Å²) in [6, 6.07) is 0. The lowest BCUT2D eigenvalue weighted by atomic mass is 10.4. The van der Waals surface area contributed by atoms with Gasteiger partial charge in [0.05, 0.1) is 13.7 Å². The van der Waals surface area contributed by atoms with Crippen molar-refractivity contribution in [3.63, 3.8) is 0 Å². The number of hydrogen-bond acceptors (Lipinski definition) is 4. The third kappa shape index (κ3) is 7.05. The van der Waals surface area contributed by atoms with Crippen molar-refractivity contribution in [1.29, 1.82) is 0 Å². The number of unbranched alkanes of at least 4 members (excludes halogenated alkanes) is 1. The topological polar surface area (TPSA) is 52.6 Å². The Morgan fingerprint density at radius 2 is 1.85 bits per heavy atom. The monoisotopic (exact) mass is 186 g/mol. The summed E-state index contributed by atoms with van der Waals surface area (Å²) in [5, 5.41) is 0. The Balaban J connectivity index is 3.61. The van der Waals surface area contributed by atoms with Gasteiger partial charge in [0.1, 0.15) is 0 Å². The Kier molecular flexibility index (Phi) is 6.59. The van der Waals surface area contributed by atoms with Crippen molar-refractivity contribution in [3.05, 3.63) is 12.2 Å². The van der Waals surface area contributed by atoms with Crippen molar-refractivity contribution in [2.45, 2.75) is 19.8 Å². The highest BCUT2D eigenvalue weighted by Gasteiger charge is 1.97. The maximum Gasteiger partial charge on any atom is 0.331 e. The fourth-order valence-electron chi connectivity index (χ4n) is 0.569. The maximum absolute atomic E-state index is 10.8. The van der Waals surface area contributed by atoms with Crippen molar-refractivity contribution >= 4 is 11.9 Å². The molecule has 4 heteroatoms. The van der Waals surface area contributed by atoms with Gasteiger partial charge >= 0.3 is 11.9 Å². The van der Waals surface area contributed by atoms with Gasteiger partial charge < -0.3 is 9.47 Å². The first-order valence-electron chi connectivity index (χ1n) is 4.13. The highest BCUT2D eigenvalue weighted by Crippen LogP contribution is 1.90. The fourth-order valence-corrected chi connectivity index (χ4v) is 0.569. The number of carbonyl (C=O) groups excluding carboxylic acids is 2. The van der Waals surface area contributed by atoms with Crippen LogP contribution in [-0.4, -0.2) is 25.7 Å². The molecule has 0 rings (SSSR count). The van der Waals surface area contributed by atoms with E-state index in [0.29, 0.717) is 6.61 Å². The molecular weight excluding hydrogens is 172 g/mol. The number of rotatable bonds is 5. The Morgan fingerprint density at radius 3 is 2.38 bits per heavy atom. The highest BCUT2D eigenvalue weighted by atomic mass is 16.5. The summed E-state index contributed by atoms with van der Waals surface area (Å²) < 4.78 is 9.04. The van der Waals surface area contributed by atoms with E-state index in [9.17, 15) is 9.59 Å². The van der Waals surface area contributed by atoms with Crippen LogP contribution in [0, 0.1) is 0 Å². The molecule has 0 saturated heterocycles. The van der Waals surface area contributed by atoms with E-state index >= 15 is 0 Å². The molecular formula is C9H14O4. The summed E-state index contributed by atoms with van der Waals surface area (Å²) in [7, 11) is 1.25. The third-order valence-electron chi connectivity index (χ3n) is 1.30. The standard InChI is InChI=1S/C9H14O4/c1-3-4-7-13-9(11)6-5-8(10)12-2/h5-6H,3-4,7H2,1-2H3/b6-5-. The number of esters is 2. The molecule has 0 aromatic heterocycles. The van der Waals surface area contributed by atoms with Crippen LogP contribution in [0.15, 0.2) is 12.2 Å². The Hall–Kier alpha value is -1.32. The minimum Gasteiger partial charge on any atom is -0.466 e. The molecule has 0 amide bonds. The van der Waals surface area contributed by atoms with Crippen molar-refractivity contribution in [2.75, 3.05) is 13.7 Å². The average molecular weight is 186 g/mol. The second-order valence-corrected chi connectivity index (χ2v) is 2.38. The molecule has 0 bridgehead atoms. The minimum atomic E-state index is -0.563. The molecule has 74 valence electrons. The molecule has 0 aliphatic carbocycles. The van der Waals surface area contributed by atoms with Crippen LogP contribution in [0.1, 0.15) is 19.8 Å². The lowest BCUT2D eigenvalue weighted by molar-refractivity contribution is -0.139. The van der Waals surface area contributed by atoms with Crippen LogP contribution >= 0.6 is 0 Å². The zero-order chi connectivity index (χ0) is 10.1. The molecule has 0 radical (unpaired) electrons. The van der Waals surface area contributed by atoms with Crippen LogP contribution in [0.5, 0.6) is 0 Å². The second-order valence-electron chi connectivity index (χ2n) is 2.38. The molecule has 0 atom stereocenters. The molecule has 0 N–H and O–H groups in total. The highest BCUT2D eigenvalue weighted by molar-refractivity contribution is 5.91. The number of methoxy groups -OCH3 is 1. The Morgan fingerprint density at radius 1 is 1.23 bits per heavy atom. The molecule has 0 heterocycles. The van der Waals surface area contributed by atoms with Crippen LogP contribution in [0.25, 0.3) is 0 Å². The van der Waals surface area contributed by atoms with E-state index in [0.717, 1.165) is 25.0 Å². The van der Waals surface area contributed by atoms with Crippen molar-refractivity contribution in [1.82, 2.24) is 0 Å². The van der Waals surface area contributed by atoms with E-state index < -0.39 is 11.9 Å². The van der Waals surface area contributed by atoms with Gasteiger partial charge in [0.2, 0.25) is 0 Å². The summed E-state index contributed by atoms with van der Waals surface area (Å²) in [4.78, 5) is 21.4. The summed E-state index contributed by atoms with van der Waals surface area (Å²) in [5.74, 6) is -1.08. The van der Waals surface area contributed by atoms with Gasteiger partial charge in [-0.3, -0.25) is 0 Å². The SMILES string of the molecule is CCCCOC(=O)/C=C\C(=O)OC. The van der Waals surface area contributed by atoms with Crippen LogP contribution < -0.4 is 0 Å². The Bertz CT molecular complexity index is 196. The molecule has 0 aromatic carbocycles. The maximum atomic E-state index is 10.8. The summed E-state index contributed by atoms with van der Waals surface area (Å²) >= 11 is 0. The predicted octanol–water partition coefficient (Wildman–Crippen LogP) is 1.06. The first-order valence-corrected chi connectivity index (χ1v) is 4.13. The average Bonchev–Trinajstić information content (AvgIpc) is 2.14. The molecule has 4 nitrogen and oxygen atoms in total. The van der Waals surface area contributed by atoms with E-state index in [4.69, 9.17) is 4.74 Å². The van der Waals surface area contributed by atoms with Gasteiger partial charge in [-0.05, 0) is 6.42 Å². The molecule has 0 saturated carbocycles. The lowest BCUT2D eigenvalue weighted by Gasteiger charge is -1.98. The second kappa shape index (κ2) is 7.34. The number of carbonyl (C=O) groups is 2. The molecule has 0 spiro atoms. The Labute approximate surface area is 77.5 Å². The first kappa shape index (κ1) is 11.7. The summed E-state index contributed by atoms with van der Waals surface area (Å²) in [5.41, 5.74) is 0. The molecule has 0 fully saturated rings. The van der Waals surface area contributed by atoms with Crippen molar-refractivity contribution < 1.29 is 19.1 Å². The van der Waals surface area contributed by atoms with Crippen molar-refractivity contribution in [2.24, 2.45) is 0 Å². The first-order chi connectivity index (χ1) is 6.20. The van der Waals surface area contributed by atoms with E-state index in [2.05, 4.69) is 4.74 Å². The third-order valence-corrected chi connectivity index (χ3v) is 1.30. The zero-order valence-electron chi connectivity index (χ0n) is 7.91. The van der Waals surface area contributed by atoms with Gasteiger partial charge in [0, 0.05) is 12.2 Å². The molecule has 0 aliphatic rings. The molecule has 13 heavy (non-hydrogen) atoms. The molecule has 0 aliphatic heterocycles. The van der Waals surface area contributed by atoms with Gasteiger partial charge in [-0.2, -0.15) is 0 Å². The predicted molar refractivity (Wildman–Crippen MR) is 47.0 cm³/mol.